The Hall–Kier alpha value is -1.60. The van der Waals surface area contributed by atoms with Crippen molar-refractivity contribution in [3.8, 4) is 11.1 Å². The second-order valence-electron chi connectivity index (χ2n) is 7.40. The predicted molar refractivity (Wildman–Crippen MR) is 93.3 cm³/mol. The molecule has 0 N–H and O–H groups in total. The maximum Gasteiger partial charge on any atom is 0.0838 e. The maximum atomic E-state index is 6.28. The van der Waals surface area contributed by atoms with Crippen LogP contribution in [0.2, 0.25) is 0 Å². The molecule has 0 unspecified atom stereocenters. The number of fused-ring (bicyclic) bond motifs is 1. The van der Waals surface area contributed by atoms with E-state index in [1.807, 2.05) is 0 Å². The lowest BCUT2D eigenvalue weighted by Gasteiger charge is -2.25. The second-order valence-corrected chi connectivity index (χ2v) is 7.40. The molecule has 22 heavy (non-hydrogen) atoms. The minimum Gasteiger partial charge on any atom is -0.368 e. The fraction of sp³-hybridized carbons (Fsp3) is 0.429. The van der Waals surface area contributed by atoms with Gasteiger partial charge in [0, 0.05) is 0 Å². The molecule has 1 atom stereocenters. The normalized spacial score (nSPS) is 17.6. The summed E-state index contributed by atoms with van der Waals surface area (Å²) < 4.78 is 6.28. The first-order chi connectivity index (χ1) is 10.4. The molecule has 0 spiro atoms. The van der Waals surface area contributed by atoms with E-state index < -0.39 is 0 Å². The van der Waals surface area contributed by atoms with Gasteiger partial charge in [-0.1, -0.05) is 36.4 Å². The van der Waals surface area contributed by atoms with E-state index in [4.69, 9.17) is 4.74 Å². The van der Waals surface area contributed by atoms with Crippen molar-refractivity contribution >= 4 is 0 Å². The van der Waals surface area contributed by atoms with Crippen LogP contribution in [0.15, 0.2) is 36.4 Å². The SMILES string of the molecule is Cc1cccc(C)c1-c1cccc2c1CC[C@H]2OC(C)(C)C. The first-order valence-corrected chi connectivity index (χ1v) is 8.23. The molecule has 0 aromatic heterocycles. The predicted octanol–water partition coefficient (Wildman–Crippen LogP) is 5.77. The van der Waals surface area contributed by atoms with Gasteiger partial charge in [-0.2, -0.15) is 0 Å². The molecule has 0 bridgehead atoms. The molecule has 0 fully saturated rings. The molecule has 2 aromatic carbocycles. The fourth-order valence-electron chi connectivity index (χ4n) is 3.64. The molecule has 3 rings (SSSR count). The average molecular weight is 294 g/mol. The number of ether oxygens (including phenoxy) is 1. The van der Waals surface area contributed by atoms with Crippen LogP contribution in [0.1, 0.15) is 55.5 Å². The lowest BCUT2D eigenvalue weighted by Crippen LogP contribution is -2.21. The van der Waals surface area contributed by atoms with E-state index in [0.717, 1.165) is 12.8 Å². The Morgan fingerprint density at radius 1 is 0.955 bits per heavy atom. The Morgan fingerprint density at radius 3 is 2.23 bits per heavy atom. The highest BCUT2D eigenvalue weighted by atomic mass is 16.5. The van der Waals surface area contributed by atoms with Crippen LogP contribution in [0.4, 0.5) is 0 Å². The van der Waals surface area contributed by atoms with Crippen molar-refractivity contribution in [2.75, 3.05) is 0 Å². The highest BCUT2D eigenvalue weighted by molar-refractivity contribution is 5.75. The minimum absolute atomic E-state index is 0.0964. The molecular formula is C21H26O. The molecule has 1 aliphatic carbocycles. The van der Waals surface area contributed by atoms with Gasteiger partial charge in [-0.3, -0.25) is 0 Å². The maximum absolute atomic E-state index is 6.28. The quantitative estimate of drug-likeness (QED) is 0.683. The Labute approximate surface area is 134 Å². The van der Waals surface area contributed by atoms with Gasteiger partial charge in [0.2, 0.25) is 0 Å². The lowest BCUT2D eigenvalue weighted by atomic mass is 9.91. The van der Waals surface area contributed by atoms with Gasteiger partial charge >= 0.3 is 0 Å². The fourth-order valence-corrected chi connectivity index (χ4v) is 3.64. The van der Waals surface area contributed by atoms with Gasteiger partial charge in [0.25, 0.3) is 0 Å². The van der Waals surface area contributed by atoms with E-state index in [2.05, 4.69) is 71.0 Å². The van der Waals surface area contributed by atoms with Crippen molar-refractivity contribution in [2.45, 2.75) is 59.2 Å². The first kappa shape index (κ1) is 15.3. The summed E-state index contributed by atoms with van der Waals surface area (Å²) in [6.45, 7) is 10.8. The molecule has 0 amide bonds. The zero-order chi connectivity index (χ0) is 15.9. The van der Waals surface area contributed by atoms with Gasteiger partial charge in [0.15, 0.2) is 0 Å². The molecule has 0 saturated carbocycles. The van der Waals surface area contributed by atoms with Crippen LogP contribution >= 0.6 is 0 Å². The summed E-state index contributed by atoms with van der Waals surface area (Å²) in [5.41, 5.74) is 8.27. The molecule has 1 aliphatic rings. The highest BCUT2D eigenvalue weighted by Crippen LogP contribution is 2.42. The largest absolute Gasteiger partial charge is 0.368 e. The van der Waals surface area contributed by atoms with Gasteiger partial charge in [0.1, 0.15) is 0 Å². The van der Waals surface area contributed by atoms with E-state index in [1.54, 1.807) is 0 Å². The summed E-state index contributed by atoms with van der Waals surface area (Å²) in [6.07, 6.45) is 2.44. The van der Waals surface area contributed by atoms with E-state index in [-0.39, 0.29) is 11.7 Å². The summed E-state index contributed by atoms with van der Waals surface area (Å²) in [4.78, 5) is 0. The number of hydrogen-bond acceptors (Lipinski definition) is 1. The molecule has 0 saturated heterocycles. The Balaban J connectivity index is 2.07. The molecule has 1 nitrogen and oxygen atoms in total. The van der Waals surface area contributed by atoms with Gasteiger partial charge in [-0.05, 0) is 80.8 Å². The third-order valence-electron chi connectivity index (χ3n) is 4.46. The minimum atomic E-state index is -0.0964. The van der Waals surface area contributed by atoms with E-state index >= 15 is 0 Å². The molecule has 0 heterocycles. The van der Waals surface area contributed by atoms with Crippen LogP contribution < -0.4 is 0 Å². The lowest BCUT2D eigenvalue weighted by molar-refractivity contribution is -0.0605. The summed E-state index contributed by atoms with van der Waals surface area (Å²) in [5.74, 6) is 0. The van der Waals surface area contributed by atoms with Crippen LogP contribution in [-0.2, 0) is 11.2 Å². The van der Waals surface area contributed by atoms with Crippen LogP contribution in [0.25, 0.3) is 11.1 Å². The Bertz CT molecular complexity index is 671. The molecule has 2 aromatic rings. The topological polar surface area (TPSA) is 9.23 Å². The second kappa shape index (κ2) is 5.55. The van der Waals surface area contributed by atoms with Crippen molar-refractivity contribution in [2.24, 2.45) is 0 Å². The van der Waals surface area contributed by atoms with E-state index in [1.165, 1.54) is 33.4 Å². The number of benzene rings is 2. The Kier molecular flexibility index (Phi) is 3.86. The van der Waals surface area contributed by atoms with Crippen LogP contribution in [0.3, 0.4) is 0 Å². The van der Waals surface area contributed by atoms with Crippen LogP contribution in [0, 0.1) is 13.8 Å². The van der Waals surface area contributed by atoms with Crippen molar-refractivity contribution in [3.63, 3.8) is 0 Å². The zero-order valence-electron chi connectivity index (χ0n) is 14.4. The van der Waals surface area contributed by atoms with Crippen LogP contribution in [-0.4, -0.2) is 5.60 Å². The summed E-state index contributed by atoms with van der Waals surface area (Å²) in [7, 11) is 0. The monoisotopic (exact) mass is 294 g/mol. The average Bonchev–Trinajstić information content (AvgIpc) is 2.81. The van der Waals surface area contributed by atoms with Crippen molar-refractivity contribution < 1.29 is 4.74 Å². The summed E-state index contributed by atoms with van der Waals surface area (Å²) in [5, 5.41) is 0. The molecule has 116 valence electrons. The number of aryl methyl sites for hydroxylation is 2. The zero-order valence-corrected chi connectivity index (χ0v) is 14.4. The summed E-state index contributed by atoms with van der Waals surface area (Å²) >= 11 is 0. The van der Waals surface area contributed by atoms with E-state index in [0.29, 0.717) is 0 Å². The van der Waals surface area contributed by atoms with Crippen molar-refractivity contribution in [1.82, 2.24) is 0 Å². The van der Waals surface area contributed by atoms with Gasteiger partial charge in [-0.15, -0.1) is 0 Å². The van der Waals surface area contributed by atoms with Crippen molar-refractivity contribution in [1.29, 1.82) is 0 Å². The number of rotatable bonds is 2. The third-order valence-corrected chi connectivity index (χ3v) is 4.46. The standard InChI is InChI=1S/C21H26O/c1-14-8-6-9-15(2)20(14)18-11-7-10-17-16(18)12-13-19(17)22-21(3,4)5/h6-11,19H,12-13H2,1-5H3/t19-/m1/s1. The summed E-state index contributed by atoms with van der Waals surface area (Å²) in [6, 6.07) is 13.3. The van der Waals surface area contributed by atoms with E-state index in [9.17, 15) is 0 Å². The first-order valence-electron chi connectivity index (χ1n) is 8.23. The number of hydrogen-bond donors (Lipinski definition) is 0. The van der Waals surface area contributed by atoms with Gasteiger partial charge in [-0.25, -0.2) is 0 Å². The van der Waals surface area contributed by atoms with Crippen LogP contribution in [0.5, 0.6) is 0 Å². The Morgan fingerprint density at radius 2 is 1.59 bits per heavy atom. The van der Waals surface area contributed by atoms with Crippen molar-refractivity contribution in [3.05, 3.63) is 58.7 Å². The smallest absolute Gasteiger partial charge is 0.0838 e. The third kappa shape index (κ3) is 2.83. The highest BCUT2D eigenvalue weighted by Gasteiger charge is 2.29. The van der Waals surface area contributed by atoms with Gasteiger partial charge < -0.3 is 4.74 Å². The molecular weight excluding hydrogens is 268 g/mol. The van der Waals surface area contributed by atoms with Gasteiger partial charge in [0.05, 0.1) is 11.7 Å². The molecule has 0 aliphatic heterocycles. The molecule has 0 radical (unpaired) electrons. The molecule has 1 heteroatoms.